The first-order valence-electron chi connectivity index (χ1n) is 4.37. The van der Waals surface area contributed by atoms with Crippen LogP contribution in [0.3, 0.4) is 0 Å². The van der Waals surface area contributed by atoms with Crippen LogP contribution in [0.5, 0.6) is 0 Å². The van der Waals surface area contributed by atoms with Crippen molar-refractivity contribution in [2.45, 2.75) is 26.7 Å². The average Bonchev–Trinajstić information content (AvgIpc) is 2.12. The molecule has 0 atom stereocenters. The Labute approximate surface area is 74.5 Å². The maximum absolute atomic E-state index is 11.8. The molecule has 68 valence electrons. The number of hydrogen-bond acceptors (Lipinski definition) is 0. The molecule has 0 saturated heterocycles. The Bertz CT molecular complexity index is 187. The molecule has 0 bridgehead atoms. The highest BCUT2D eigenvalue weighted by molar-refractivity contribution is 5.31. The summed E-state index contributed by atoms with van der Waals surface area (Å²) in [5.41, 5.74) is 2.40. The van der Waals surface area contributed by atoms with E-state index in [0.29, 0.717) is 0 Å². The first-order valence-corrected chi connectivity index (χ1v) is 4.37. The topological polar surface area (TPSA) is 0 Å². The van der Waals surface area contributed by atoms with Crippen LogP contribution < -0.4 is 0 Å². The fourth-order valence-corrected chi connectivity index (χ4v) is 1.14. The Morgan fingerprint density at radius 3 is 2.17 bits per heavy atom. The third-order valence-electron chi connectivity index (χ3n) is 1.83. The van der Waals surface area contributed by atoms with Crippen LogP contribution >= 0.6 is 0 Å². The van der Waals surface area contributed by atoms with Gasteiger partial charge in [0, 0.05) is 0 Å². The van der Waals surface area contributed by atoms with E-state index in [2.05, 4.69) is 20.4 Å². The molecular weight excluding hydrogens is 151 g/mol. The van der Waals surface area contributed by atoms with Crippen molar-refractivity contribution < 1.29 is 4.39 Å². The summed E-state index contributed by atoms with van der Waals surface area (Å²) >= 11 is 0. The van der Waals surface area contributed by atoms with E-state index in [1.165, 1.54) is 17.2 Å². The summed E-state index contributed by atoms with van der Waals surface area (Å²) in [6, 6.07) is 0. The quantitative estimate of drug-likeness (QED) is 0.547. The van der Waals surface area contributed by atoms with Gasteiger partial charge < -0.3 is 0 Å². The van der Waals surface area contributed by atoms with Gasteiger partial charge in [-0.3, -0.25) is 0 Å². The summed E-state index contributed by atoms with van der Waals surface area (Å²) in [5, 5.41) is 0. The van der Waals surface area contributed by atoms with Crippen LogP contribution in [0.1, 0.15) is 26.7 Å². The van der Waals surface area contributed by atoms with E-state index in [-0.39, 0.29) is 0 Å². The Morgan fingerprint density at radius 1 is 1.25 bits per heavy atom. The lowest BCUT2D eigenvalue weighted by Crippen LogP contribution is -1.84. The van der Waals surface area contributed by atoms with Crippen LogP contribution in [0.25, 0.3) is 0 Å². The number of hydrogen-bond donors (Lipinski definition) is 0. The molecule has 0 rings (SSSR count). The van der Waals surface area contributed by atoms with Crippen molar-refractivity contribution >= 4 is 0 Å². The van der Waals surface area contributed by atoms with Crippen LogP contribution in [0.15, 0.2) is 36.0 Å². The highest BCUT2D eigenvalue weighted by Crippen LogP contribution is 2.14. The van der Waals surface area contributed by atoms with Gasteiger partial charge in [0.15, 0.2) is 0 Å². The third-order valence-corrected chi connectivity index (χ3v) is 1.83. The van der Waals surface area contributed by atoms with Gasteiger partial charge in [0.05, 0.1) is 0 Å². The van der Waals surface area contributed by atoms with Gasteiger partial charge in [-0.15, -0.1) is 0 Å². The minimum Gasteiger partial charge on any atom is -0.247 e. The molecule has 0 amide bonds. The summed E-state index contributed by atoms with van der Waals surface area (Å²) in [6.07, 6.45) is 7.13. The van der Waals surface area contributed by atoms with Gasteiger partial charge in [0.1, 0.15) is 6.67 Å². The summed E-state index contributed by atoms with van der Waals surface area (Å²) in [5.74, 6) is 0. The van der Waals surface area contributed by atoms with Crippen LogP contribution in [-0.2, 0) is 0 Å². The molecule has 0 saturated carbocycles. The van der Waals surface area contributed by atoms with E-state index >= 15 is 0 Å². The van der Waals surface area contributed by atoms with Crippen LogP contribution in [0.2, 0.25) is 0 Å². The maximum Gasteiger partial charge on any atom is 0.108 e. The van der Waals surface area contributed by atoms with E-state index in [9.17, 15) is 4.39 Å². The Morgan fingerprint density at radius 2 is 1.83 bits per heavy atom. The van der Waals surface area contributed by atoms with Crippen LogP contribution in [0, 0.1) is 0 Å². The predicted octanol–water partition coefficient (Wildman–Crippen LogP) is 3.81. The molecule has 1 heteroatoms. The molecule has 0 heterocycles. The highest BCUT2D eigenvalue weighted by Gasteiger charge is 1.94. The molecule has 0 aliphatic heterocycles. The molecule has 0 aliphatic carbocycles. The van der Waals surface area contributed by atoms with Crippen molar-refractivity contribution in [1.29, 1.82) is 0 Å². The van der Waals surface area contributed by atoms with Crippen molar-refractivity contribution in [3.63, 3.8) is 0 Å². The van der Waals surface area contributed by atoms with E-state index in [4.69, 9.17) is 0 Å². The average molecular weight is 168 g/mol. The molecule has 0 aromatic rings. The van der Waals surface area contributed by atoms with Gasteiger partial charge in [-0.2, -0.15) is 0 Å². The molecule has 12 heavy (non-hydrogen) atoms. The predicted molar refractivity (Wildman–Crippen MR) is 52.9 cm³/mol. The van der Waals surface area contributed by atoms with Gasteiger partial charge in [-0.05, 0) is 24.0 Å². The molecule has 0 aromatic carbocycles. The monoisotopic (exact) mass is 168 g/mol. The Kier molecular flexibility index (Phi) is 6.35. The molecule has 0 radical (unpaired) electrons. The second-order valence-corrected chi connectivity index (χ2v) is 2.52. The smallest absolute Gasteiger partial charge is 0.108 e. The normalized spacial score (nSPS) is 13.2. The number of halogens is 1. The summed E-state index contributed by atoms with van der Waals surface area (Å²) in [6.45, 7) is 7.48. The number of rotatable bonds is 5. The zero-order chi connectivity index (χ0) is 9.40. The van der Waals surface area contributed by atoms with Crippen molar-refractivity contribution in [1.82, 2.24) is 0 Å². The molecule has 0 aromatic heterocycles. The molecule has 0 spiro atoms. The second kappa shape index (κ2) is 6.84. The molecule has 0 aliphatic rings. The number of alkyl halides is 1. The van der Waals surface area contributed by atoms with Crippen molar-refractivity contribution in [2.24, 2.45) is 0 Å². The van der Waals surface area contributed by atoms with Gasteiger partial charge in [0.25, 0.3) is 0 Å². The van der Waals surface area contributed by atoms with E-state index in [0.717, 1.165) is 12.8 Å². The molecule has 0 N–H and O–H groups in total. The molecule has 0 nitrogen and oxygen atoms in total. The molecule has 0 fully saturated rings. The summed E-state index contributed by atoms with van der Waals surface area (Å²) in [4.78, 5) is 0. The van der Waals surface area contributed by atoms with Crippen molar-refractivity contribution in [3.05, 3.63) is 36.0 Å². The van der Waals surface area contributed by atoms with E-state index in [1.54, 1.807) is 0 Å². The first kappa shape index (κ1) is 11.2. The molecular formula is C11H17F. The summed E-state index contributed by atoms with van der Waals surface area (Å²) < 4.78 is 11.8. The van der Waals surface area contributed by atoms with E-state index < -0.39 is 6.67 Å². The van der Waals surface area contributed by atoms with Gasteiger partial charge >= 0.3 is 0 Å². The minimum atomic E-state index is -0.391. The van der Waals surface area contributed by atoms with Crippen molar-refractivity contribution in [3.8, 4) is 0 Å². The fourth-order valence-electron chi connectivity index (χ4n) is 1.14. The van der Waals surface area contributed by atoms with Gasteiger partial charge in [-0.25, -0.2) is 4.39 Å². The number of allylic oxidation sites excluding steroid dienone is 5. The third kappa shape index (κ3) is 3.51. The first-order chi connectivity index (χ1) is 5.79. The lowest BCUT2D eigenvalue weighted by molar-refractivity contribution is 0.561. The van der Waals surface area contributed by atoms with Gasteiger partial charge in [0.2, 0.25) is 0 Å². The maximum atomic E-state index is 11.8. The minimum absolute atomic E-state index is 0.391. The second-order valence-electron chi connectivity index (χ2n) is 2.52. The highest BCUT2D eigenvalue weighted by atomic mass is 19.1. The largest absolute Gasteiger partial charge is 0.247 e. The lowest BCUT2D eigenvalue weighted by atomic mass is 10.0. The zero-order valence-corrected chi connectivity index (χ0v) is 7.94. The van der Waals surface area contributed by atoms with Crippen LogP contribution in [-0.4, -0.2) is 6.67 Å². The van der Waals surface area contributed by atoms with Crippen molar-refractivity contribution in [2.75, 3.05) is 6.67 Å². The lowest BCUT2D eigenvalue weighted by Gasteiger charge is -2.03. The van der Waals surface area contributed by atoms with Crippen LogP contribution in [0.4, 0.5) is 4.39 Å². The Hall–Kier alpha value is -0.850. The van der Waals surface area contributed by atoms with Gasteiger partial charge in [-0.1, -0.05) is 38.7 Å². The SMILES string of the molecule is C=C/C(CC)=C(\C=C/CF)CC. The Balaban J connectivity index is 4.57. The molecule has 0 unspecified atom stereocenters. The standard InChI is InChI=1S/C11H17F/c1-4-10(5-2)11(6-3)8-7-9-12/h4,7-8H,1,5-6,9H2,2-3H3/b8-7-,11-10+. The fraction of sp³-hybridized carbons (Fsp3) is 0.455. The zero-order valence-electron chi connectivity index (χ0n) is 7.94. The van der Waals surface area contributed by atoms with E-state index in [1.807, 2.05) is 12.2 Å². The summed E-state index contributed by atoms with van der Waals surface area (Å²) in [7, 11) is 0.